The van der Waals surface area contributed by atoms with E-state index in [1.54, 1.807) is 6.07 Å². The largest absolute Gasteiger partial charge is 0.302 e. The molecule has 6 aromatic carbocycles. The zero-order valence-electron chi connectivity index (χ0n) is 29.6. The maximum Gasteiger partial charge on any atom is 0.270 e. The molecular formula is C46H37ClN2O3S. The zero-order chi connectivity index (χ0) is 37.0. The molecule has 7 aromatic rings. The Morgan fingerprint density at radius 2 is 1.25 bits per heavy atom. The number of halogens is 1. The fourth-order valence-electron chi connectivity index (χ4n) is 8.69. The quantitative estimate of drug-likeness (QED) is 0.0931. The Labute approximate surface area is 318 Å². The van der Waals surface area contributed by atoms with Crippen molar-refractivity contribution in [3.05, 3.63) is 211 Å². The third kappa shape index (κ3) is 5.56. The number of non-ortho nitro benzene ring substituents is 1. The van der Waals surface area contributed by atoms with Gasteiger partial charge in [0.1, 0.15) is 4.88 Å². The van der Waals surface area contributed by atoms with Crippen LogP contribution in [0.15, 0.2) is 158 Å². The summed E-state index contributed by atoms with van der Waals surface area (Å²) in [5, 5.41) is 12.5. The molecule has 5 nitrogen and oxygen atoms in total. The monoisotopic (exact) mass is 732 g/mol. The van der Waals surface area contributed by atoms with Crippen molar-refractivity contribution in [1.29, 1.82) is 0 Å². The van der Waals surface area contributed by atoms with Crippen molar-refractivity contribution >= 4 is 50.3 Å². The topological polar surface area (TPSA) is 63.5 Å². The molecule has 1 amide bonds. The van der Waals surface area contributed by atoms with E-state index < -0.39 is 21.3 Å². The number of nitro groups is 1. The van der Waals surface area contributed by atoms with Gasteiger partial charge in [0, 0.05) is 38.9 Å². The van der Waals surface area contributed by atoms with Gasteiger partial charge in [-0.25, -0.2) is 0 Å². The Bertz CT molecular complexity index is 2390. The predicted octanol–water partition coefficient (Wildman–Crippen LogP) is 12.0. The van der Waals surface area contributed by atoms with Crippen LogP contribution in [-0.2, 0) is 10.8 Å². The summed E-state index contributed by atoms with van der Waals surface area (Å²) in [6.45, 7) is 6.50. The standard InChI is InChI=1S/C46H37ClN2O3S/c1-44(2)30-45(3,31-16-8-4-9-17-31)38-28-35(46(32-18-10-5-11-19-32,33-20-12-6-13-21-33)34-22-14-7-15-23-34)24-27-39(38)48(44)43(50)42-41(47)37-26-25-36(49(51)52)29-40(37)53-42/h4-29H,30H2,1-3H3/t45-/m0/s1. The number of amides is 1. The summed E-state index contributed by atoms with van der Waals surface area (Å²) < 4.78 is 0.602. The van der Waals surface area contributed by atoms with Crippen LogP contribution >= 0.6 is 22.9 Å². The number of nitro benzene ring substituents is 1. The highest BCUT2D eigenvalue weighted by molar-refractivity contribution is 7.21. The first-order chi connectivity index (χ1) is 25.6. The molecule has 1 aliphatic rings. The van der Waals surface area contributed by atoms with Gasteiger partial charge < -0.3 is 4.90 Å². The first-order valence-electron chi connectivity index (χ1n) is 17.6. The van der Waals surface area contributed by atoms with Gasteiger partial charge in [0.15, 0.2) is 0 Å². The first kappa shape index (κ1) is 34.5. The molecule has 0 aliphatic carbocycles. The molecule has 1 atom stereocenters. The minimum absolute atomic E-state index is 0.0389. The van der Waals surface area contributed by atoms with Gasteiger partial charge in [-0.1, -0.05) is 152 Å². The van der Waals surface area contributed by atoms with E-state index in [9.17, 15) is 14.9 Å². The van der Waals surface area contributed by atoms with Crippen molar-refractivity contribution in [3.63, 3.8) is 0 Å². The second-order valence-corrected chi connectivity index (χ2v) is 16.0. The van der Waals surface area contributed by atoms with Gasteiger partial charge in [0.2, 0.25) is 0 Å². The lowest BCUT2D eigenvalue weighted by Gasteiger charge is -2.52. The van der Waals surface area contributed by atoms with Crippen LogP contribution in [0.2, 0.25) is 5.02 Å². The molecule has 0 saturated heterocycles. The van der Waals surface area contributed by atoms with Crippen molar-refractivity contribution in [2.24, 2.45) is 0 Å². The number of rotatable bonds is 7. The summed E-state index contributed by atoms with van der Waals surface area (Å²) in [7, 11) is 0. The van der Waals surface area contributed by atoms with Gasteiger partial charge in [-0.15, -0.1) is 11.3 Å². The Morgan fingerprint density at radius 3 is 1.77 bits per heavy atom. The van der Waals surface area contributed by atoms with Gasteiger partial charge in [0.05, 0.1) is 15.4 Å². The van der Waals surface area contributed by atoms with E-state index >= 15 is 0 Å². The number of hydrogen-bond donors (Lipinski definition) is 0. The van der Waals surface area contributed by atoms with Crippen LogP contribution in [-0.4, -0.2) is 16.4 Å². The normalized spacial score (nSPS) is 16.6. The van der Waals surface area contributed by atoms with Crippen molar-refractivity contribution in [2.45, 2.75) is 43.6 Å². The molecule has 262 valence electrons. The Hall–Kier alpha value is -5.56. The summed E-state index contributed by atoms with van der Waals surface area (Å²) in [5.74, 6) is -0.228. The molecule has 8 rings (SSSR count). The first-order valence-corrected chi connectivity index (χ1v) is 18.8. The molecule has 53 heavy (non-hydrogen) atoms. The number of nitrogens with zero attached hydrogens (tertiary/aromatic N) is 2. The second kappa shape index (κ2) is 13.1. The Morgan fingerprint density at radius 1 is 0.717 bits per heavy atom. The highest BCUT2D eigenvalue weighted by Gasteiger charge is 2.50. The van der Waals surface area contributed by atoms with Crippen LogP contribution in [0, 0.1) is 10.1 Å². The molecule has 1 aliphatic heterocycles. The molecule has 0 N–H and O–H groups in total. The number of benzene rings is 6. The zero-order valence-corrected chi connectivity index (χ0v) is 31.2. The summed E-state index contributed by atoms with van der Waals surface area (Å²) in [5.41, 5.74) is 5.65. The summed E-state index contributed by atoms with van der Waals surface area (Å²) in [6, 6.07) is 53.6. The average Bonchev–Trinajstić information content (AvgIpc) is 3.52. The lowest BCUT2D eigenvalue weighted by molar-refractivity contribution is -0.384. The van der Waals surface area contributed by atoms with Crippen molar-refractivity contribution < 1.29 is 9.72 Å². The summed E-state index contributed by atoms with van der Waals surface area (Å²) in [4.78, 5) is 28.4. The van der Waals surface area contributed by atoms with Crippen LogP contribution in [0.1, 0.15) is 70.2 Å². The molecule has 2 heterocycles. The van der Waals surface area contributed by atoms with Crippen LogP contribution < -0.4 is 4.90 Å². The Balaban J connectivity index is 1.41. The second-order valence-electron chi connectivity index (χ2n) is 14.6. The maximum absolute atomic E-state index is 15.0. The lowest BCUT2D eigenvalue weighted by Crippen LogP contribution is -2.56. The minimum Gasteiger partial charge on any atom is -0.302 e. The molecule has 0 fully saturated rings. The smallest absolute Gasteiger partial charge is 0.270 e. The highest BCUT2D eigenvalue weighted by atomic mass is 35.5. The maximum atomic E-state index is 15.0. The van der Waals surface area contributed by atoms with Crippen molar-refractivity contribution in [1.82, 2.24) is 0 Å². The molecule has 0 radical (unpaired) electrons. The van der Waals surface area contributed by atoms with Gasteiger partial charge in [-0.05, 0) is 65.8 Å². The number of thiophene rings is 1. The van der Waals surface area contributed by atoms with Gasteiger partial charge in [0.25, 0.3) is 11.6 Å². The summed E-state index contributed by atoms with van der Waals surface area (Å²) >= 11 is 8.16. The van der Waals surface area contributed by atoms with E-state index in [1.807, 2.05) is 29.2 Å². The fraction of sp³-hybridized carbons (Fsp3) is 0.152. The van der Waals surface area contributed by atoms with Crippen molar-refractivity contribution in [2.75, 3.05) is 4.90 Å². The SMILES string of the molecule is CC1(C)C[C@@](C)(c2ccccc2)c2cc(C(c3ccccc3)(c3ccccc3)c3ccccc3)ccc2N1C(=O)c1sc2cc([N+](=O)[O-])ccc2c1Cl. The number of carbonyl (C=O) groups is 1. The number of carbonyl (C=O) groups excluding carboxylic acids is 1. The van der Waals surface area contributed by atoms with E-state index in [0.717, 1.165) is 39.1 Å². The summed E-state index contributed by atoms with van der Waals surface area (Å²) in [6.07, 6.45) is 0.634. The third-order valence-electron chi connectivity index (χ3n) is 10.9. The number of fused-ring (bicyclic) bond motifs is 2. The minimum atomic E-state index is -0.679. The number of anilines is 1. The third-order valence-corrected chi connectivity index (χ3v) is 12.6. The van der Waals surface area contributed by atoms with E-state index in [-0.39, 0.29) is 11.6 Å². The predicted molar refractivity (Wildman–Crippen MR) is 217 cm³/mol. The van der Waals surface area contributed by atoms with Gasteiger partial charge >= 0.3 is 0 Å². The molecule has 0 unspecified atom stereocenters. The van der Waals surface area contributed by atoms with E-state index in [4.69, 9.17) is 11.6 Å². The molecule has 1 aromatic heterocycles. The molecule has 7 heteroatoms. The van der Waals surface area contributed by atoms with Crippen LogP contribution in [0.5, 0.6) is 0 Å². The number of hydrogen-bond acceptors (Lipinski definition) is 4. The van der Waals surface area contributed by atoms with E-state index in [0.29, 0.717) is 26.4 Å². The van der Waals surface area contributed by atoms with Crippen LogP contribution in [0.4, 0.5) is 11.4 Å². The lowest BCUT2D eigenvalue weighted by atomic mass is 9.61. The fourth-order valence-corrected chi connectivity index (χ4v) is 10.2. The van der Waals surface area contributed by atoms with E-state index in [2.05, 4.69) is 136 Å². The highest BCUT2D eigenvalue weighted by Crippen LogP contribution is 2.54. The van der Waals surface area contributed by atoms with Gasteiger partial charge in [-0.3, -0.25) is 14.9 Å². The van der Waals surface area contributed by atoms with Crippen LogP contribution in [0.25, 0.3) is 10.1 Å². The molecule has 0 bridgehead atoms. The van der Waals surface area contributed by atoms with Crippen molar-refractivity contribution in [3.8, 4) is 0 Å². The molecule has 0 saturated carbocycles. The van der Waals surface area contributed by atoms with Gasteiger partial charge in [-0.2, -0.15) is 0 Å². The Kier molecular flexibility index (Phi) is 8.56. The molecular weight excluding hydrogens is 696 g/mol. The van der Waals surface area contributed by atoms with Crippen LogP contribution in [0.3, 0.4) is 0 Å². The van der Waals surface area contributed by atoms with E-state index in [1.165, 1.54) is 23.5 Å². The molecule has 0 spiro atoms. The average molecular weight is 733 g/mol.